The van der Waals surface area contributed by atoms with Crippen LogP contribution in [0.3, 0.4) is 0 Å². The summed E-state index contributed by atoms with van der Waals surface area (Å²) in [6, 6.07) is 4.13. The van der Waals surface area contributed by atoms with Crippen LogP contribution >= 0.6 is 23.2 Å². The minimum atomic E-state index is 0.197. The molecule has 3 nitrogen and oxygen atoms in total. The molecular formula is C14H15Cl2N3. The monoisotopic (exact) mass is 295 g/mol. The molecule has 1 aliphatic rings. The van der Waals surface area contributed by atoms with Gasteiger partial charge in [-0.05, 0) is 55.5 Å². The predicted octanol–water partition coefficient (Wildman–Crippen LogP) is 4.24. The molecule has 1 aromatic heterocycles. The molecule has 1 fully saturated rings. The lowest BCUT2D eigenvalue weighted by atomic mass is 10.1. The molecule has 1 aliphatic heterocycles. The number of hydrogen-bond donors (Lipinski definition) is 0. The van der Waals surface area contributed by atoms with Crippen molar-refractivity contribution in [3.8, 4) is 0 Å². The molecule has 2 heterocycles. The van der Waals surface area contributed by atoms with Gasteiger partial charge in [-0.2, -0.15) is 0 Å². The molecule has 0 atom stereocenters. The average molecular weight is 296 g/mol. The summed E-state index contributed by atoms with van der Waals surface area (Å²) in [4.78, 5) is 10.7. The number of aromatic nitrogens is 2. The van der Waals surface area contributed by atoms with Crippen molar-refractivity contribution in [1.29, 1.82) is 0 Å². The van der Waals surface area contributed by atoms with Crippen molar-refractivity contribution >= 4 is 39.8 Å². The molecule has 0 radical (unpaired) electrons. The zero-order valence-electron chi connectivity index (χ0n) is 10.8. The highest BCUT2D eigenvalue weighted by atomic mass is 35.5. The molecule has 19 heavy (non-hydrogen) atoms. The number of anilines is 1. The first-order valence-corrected chi connectivity index (χ1v) is 7.29. The van der Waals surface area contributed by atoms with Crippen molar-refractivity contribution in [2.24, 2.45) is 0 Å². The number of fused-ring (bicyclic) bond motifs is 1. The van der Waals surface area contributed by atoms with Crippen LogP contribution in [0.1, 0.15) is 24.8 Å². The van der Waals surface area contributed by atoms with E-state index in [2.05, 4.69) is 27.9 Å². The zero-order valence-corrected chi connectivity index (χ0v) is 12.3. The maximum Gasteiger partial charge on any atom is 0.224 e. The highest BCUT2D eigenvalue weighted by Crippen LogP contribution is 2.31. The van der Waals surface area contributed by atoms with Gasteiger partial charge in [0.1, 0.15) is 5.15 Å². The molecule has 0 saturated carbocycles. The van der Waals surface area contributed by atoms with Gasteiger partial charge in [0.2, 0.25) is 5.28 Å². The Hall–Kier alpha value is -1.06. The second-order valence-corrected chi connectivity index (χ2v) is 5.68. The standard InChI is InChI=1S/C14H15Cl2N3/c1-9-7-11-10(13(15)18-14(16)17-11)8-12(9)19-5-3-2-4-6-19/h7-8H,2-6H2,1H3. The number of piperidine rings is 1. The average Bonchev–Trinajstić information content (AvgIpc) is 2.38. The van der Waals surface area contributed by atoms with Crippen LogP contribution in [0.2, 0.25) is 10.4 Å². The Morgan fingerprint density at radius 3 is 2.53 bits per heavy atom. The second-order valence-electron chi connectivity index (χ2n) is 4.99. The van der Waals surface area contributed by atoms with E-state index >= 15 is 0 Å². The van der Waals surface area contributed by atoms with Gasteiger partial charge in [-0.15, -0.1) is 0 Å². The Morgan fingerprint density at radius 1 is 1.05 bits per heavy atom. The zero-order chi connectivity index (χ0) is 13.4. The van der Waals surface area contributed by atoms with Crippen molar-refractivity contribution in [2.45, 2.75) is 26.2 Å². The quantitative estimate of drug-likeness (QED) is 0.582. The van der Waals surface area contributed by atoms with Crippen molar-refractivity contribution in [3.05, 3.63) is 28.1 Å². The van der Waals surface area contributed by atoms with E-state index < -0.39 is 0 Å². The first-order chi connectivity index (χ1) is 9.15. The van der Waals surface area contributed by atoms with Crippen LogP contribution in [0.4, 0.5) is 5.69 Å². The highest BCUT2D eigenvalue weighted by molar-refractivity contribution is 6.35. The van der Waals surface area contributed by atoms with Gasteiger partial charge < -0.3 is 4.90 Å². The summed E-state index contributed by atoms with van der Waals surface area (Å²) in [5.41, 5.74) is 3.25. The predicted molar refractivity (Wildman–Crippen MR) is 80.4 cm³/mol. The molecule has 0 amide bonds. The van der Waals surface area contributed by atoms with Crippen LogP contribution < -0.4 is 4.90 Å². The van der Waals surface area contributed by atoms with Gasteiger partial charge >= 0.3 is 0 Å². The van der Waals surface area contributed by atoms with Crippen LogP contribution in [-0.4, -0.2) is 23.1 Å². The van der Waals surface area contributed by atoms with E-state index in [0.717, 1.165) is 24.0 Å². The van der Waals surface area contributed by atoms with E-state index in [0.29, 0.717) is 5.15 Å². The molecule has 3 rings (SSSR count). The number of hydrogen-bond acceptors (Lipinski definition) is 3. The summed E-state index contributed by atoms with van der Waals surface area (Å²) in [5, 5.41) is 1.49. The van der Waals surface area contributed by atoms with Gasteiger partial charge in [-0.3, -0.25) is 0 Å². The maximum atomic E-state index is 6.17. The summed E-state index contributed by atoms with van der Waals surface area (Å²) in [7, 11) is 0. The fraction of sp³-hybridized carbons (Fsp3) is 0.429. The Morgan fingerprint density at radius 2 is 1.79 bits per heavy atom. The van der Waals surface area contributed by atoms with Crippen molar-refractivity contribution in [2.75, 3.05) is 18.0 Å². The van der Waals surface area contributed by atoms with E-state index in [-0.39, 0.29) is 5.28 Å². The molecule has 0 unspecified atom stereocenters. The number of halogens is 2. The van der Waals surface area contributed by atoms with E-state index in [1.165, 1.54) is 30.5 Å². The third kappa shape index (κ3) is 2.49. The van der Waals surface area contributed by atoms with E-state index in [1.807, 2.05) is 6.07 Å². The van der Waals surface area contributed by atoms with Crippen molar-refractivity contribution in [3.63, 3.8) is 0 Å². The van der Waals surface area contributed by atoms with Gasteiger partial charge in [0.25, 0.3) is 0 Å². The lowest BCUT2D eigenvalue weighted by molar-refractivity contribution is 0.577. The normalized spacial score (nSPS) is 16.1. The number of benzene rings is 1. The minimum Gasteiger partial charge on any atom is -0.371 e. The second kappa shape index (κ2) is 5.14. The Kier molecular flexibility index (Phi) is 3.50. The summed E-state index contributed by atoms with van der Waals surface area (Å²) in [6.45, 7) is 4.32. The van der Waals surface area contributed by atoms with Crippen LogP contribution in [0.5, 0.6) is 0 Å². The molecule has 1 aromatic carbocycles. The van der Waals surface area contributed by atoms with Crippen molar-refractivity contribution < 1.29 is 0 Å². The van der Waals surface area contributed by atoms with Gasteiger partial charge in [-0.1, -0.05) is 11.6 Å². The van der Waals surface area contributed by atoms with E-state index in [1.54, 1.807) is 0 Å². The molecular weight excluding hydrogens is 281 g/mol. The molecule has 5 heteroatoms. The molecule has 0 bridgehead atoms. The lowest BCUT2D eigenvalue weighted by Crippen LogP contribution is -2.29. The fourth-order valence-corrected chi connectivity index (χ4v) is 3.13. The molecule has 100 valence electrons. The number of aryl methyl sites for hydroxylation is 1. The van der Waals surface area contributed by atoms with E-state index in [9.17, 15) is 0 Å². The maximum absolute atomic E-state index is 6.17. The smallest absolute Gasteiger partial charge is 0.224 e. The topological polar surface area (TPSA) is 29.0 Å². The minimum absolute atomic E-state index is 0.197. The third-order valence-electron chi connectivity index (χ3n) is 3.64. The lowest BCUT2D eigenvalue weighted by Gasteiger charge is -2.30. The summed E-state index contributed by atoms with van der Waals surface area (Å²) in [5.74, 6) is 0. The fourth-order valence-electron chi connectivity index (χ4n) is 2.68. The number of rotatable bonds is 1. The largest absolute Gasteiger partial charge is 0.371 e. The van der Waals surface area contributed by atoms with Gasteiger partial charge in [0, 0.05) is 24.2 Å². The van der Waals surface area contributed by atoms with Crippen LogP contribution in [-0.2, 0) is 0 Å². The Labute approximate surface area is 122 Å². The van der Waals surface area contributed by atoms with Gasteiger partial charge in [-0.25, -0.2) is 9.97 Å². The Bertz CT molecular complexity index is 622. The van der Waals surface area contributed by atoms with Crippen LogP contribution in [0, 0.1) is 6.92 Å². The SMILES string of the molecule is Cc1cc2nc(Cl)nc(Cl)c2cc1N1CCCCC1. The summed E-state index contributed by atoms with van der Waals surface area (Å²) < 4.78 is 0. The molecule has 0 aliphatic carbocycles. The third-order valence-corrected chi connectivity index (χ3v) is 4.09. The summed E-state index contributed by atoms with van der Waals surface area (Å²) >= 11 is 12.0. The molecule has 0 N–H and O–H groups in total. The van der Waals surface area contributed by atoms with Crippen molar-refractivity contribution in [1.82, 2.24) is 9.97 Å². The van der Waals surface area contributed by atoms with E-state index in [4.69, 9.17) is 23.2 Å². The highest BCUT2D eigenvalue weighted by Gasteiger charge is 2.15. The molecule has 2 aromatic rings. The molecule has 0 spiro atoms. The van der Waals surface area contributed by atoms with Crippen LogP contribution in [0.25, 0.3) is 10.9 Å². The Balaban J connectivity index is 2.12. The van der Waals surface area contributed by atoms with Gasteiger partial charge in [0.05, 0.1) is 5.52 Å². The molecule has 1 saturated heterocycles. The first kappa shape index (κ1) is 12.9. The summed E-state index contributed by atoms with van der Waals surface area (Å²) in [6.07, 6.45) is 3.83. The number of nitrogens with zero attached hydrogens (tertiary/aromatic N) is 3. The van der Waals surface area contributed by atoms with Crippen LogP contribution in [0.15, 0.2) is 12.1 Å². The first-order valence-electron chi connectivity index (χ1n) is 6.53. The van der Waals surface area contributed by atoms with Gasteiger partial charge in [0.15, 0.2) is 0 Å².